The van der Waals surface area contributed by atoms with Gasteiger partial charge in [0.2, 0.25) is 5.91 Å². The highest BCUT2D eigenvalue weighted by Crippen LogP contribution is 2.23. The van der Waals surface area contributed by atoms with E-state index in [1.54, 1.807) is 0 Å². The van der Waals surface area contributed by atoms with Gasteiger partial charge in [0.15, 0.2) is 0 Å². The van der Waals surface area contributed by atoms with E-state index in [0.717, 1.165) is 36.8 Å². The van der Waals surface area contributed by atoms with Crippen LogP contribution in [0.25, 0.3) is 0 Å². The first-order valence-corrected chi connectivity index (χ1v) is 7.94. The molecule has 20 heavy (non-hydrogen) atoms. The predicted octanol–water partition coefficient (Wildman–Crippen LogP) is 2.32. The van der Waals surface area contributed by atoms with Crippen molar-refractivity contribution in [1.82, 2.24) is 5.32 Å². The fraction of sp³-hybridized carbons (Fsp3) is 0.533. The van der Waals surface area contributed by atoms with Gasteiger partial charge in [-0.1, -0.05) is 15.9 Å². The molecule has 5 heteroatoms. The van der Waals surface area contributed by atoms with Gasteiger partial charge in [0.25, 0.3) is 0 Å². The third-order valence-electron chi connectivity index (χ3n) is 3.95. The number of hydrogen-bond acceptors (Lipinski definition) is 3. The van der Waals surface area contributed by atoms with Crippen molar-refractivity contribution >= 4 is 27.5 Å². The van der Waals surface area contributed by atoms with Gasteiger partial charge in [-0.3, -0.25) is 4.79 Å². The summed E-state index contributed by atoms with van der Waals surface area (Å²) in [6.45, 7) is 2.58. The van der Waals surface area contributed by atoms with Gasteiger partial charge in [-0.15, -0.1) is 0 Å². The van der Waals surface area contributed by atoms with Gasteiger partial charge in [-0.05, 0) is 43.5 Å². The number of carbonyl (C=O) groups excluding carboxylic acids is 1. The Labute approximate surface area is 127 Å². The zero-order chi connectivity index (χ0) is 13.9. The fourth-order valence-corrected chi connectivity index (χ4v) is 3.11. The van der Waals surface area contributed by atoms with E-state index in [0.29, 0.717) is 6.61 Å². The third kappa shape index (κ3) is 3.15. The second kappa shape index (κ2) is 6.14. The molecule has 2 atom stereocenters. The molecule has 0 bridgehead atoms. The van der Waals surface area contributed by atoms with Crippen LogP contribution in [0.2, 0.25) is 0 Å². The van der Waals surface area contributed by atoms with Crippen LogP contribution >= 0.6 is 15.9 Å². The number of amides is 1. The molecule has 1 aromatic rings. The molecule has 0 aromatic heterocycles. The zero-order valence-corrected chi connectivity index (χ0v) is 12.9. The molecule has 0 aliphatic carbocycles. The standard InChI is InChI=1S/C15H19BrN2O2/c16-11-3-5-13(6-4-11)18-8-7-12(10-18)17-15(19)14-2-1-9-20-14/h3-6,12,14H,1-2,7-10H2,(H,17,19)/t12-,14+/m0/s1. The highest BCUT2D eigenvalue weighted by molar-refractivity contribution is 9.10. The van der Waals surface area contributed by atoms with Crippen LogP contribution in [0.4, 0.5) is 5.69 Å². The zero-order valence-electron chi connectivity index (χ0n) is 11.3. The van der Waals surface area contributed by atoms with E-state index in [1.165, 1.54) is 5.69 Å². The minimum absolute atomic E-state index is 0.0603. The molecule has 2 aliphatic heterocycles. The van der Waals surface area contributed by atoms with Crippen molar-refractivity contribution in [2.75, 3.05) is 24.6 Å². The average Bonchev–Trinajstić information content (AvgIpc) is 3.10. The lowest BCUT2D eigenvalue weighted by Crippen LogP contribution is -2.42. The second-order valence-corrected chi connectivity index (χ2v) is 6.33. The third-order valence-corrected chi connectivity index (χ3v) is 4.48. The number of ether oxygens (including phenoxy) is 1. The summed E-state index contributed by atoms with van der Waals surface area (Å²) < 4.78 is 6.51. The van der Waals surface area contributed by atoms with E-state index in [-0.39, 0.29) is 18.1 Å². The molecular formula is C15H19BrN2O2. The van der Waals surface area contributed by atoms with Crippen LogP contribution in [0.1, 0.15) is 19.3 Å². The molecule has 1 amide bonds. The van der Waals surface area contributed by atoms with Crippen molar-refractivity contribution < 1.29 is 9.53 Å². The fourth-order valence-electron chi connectivity index (χ4n) is 2.84. The summed E-state index contributed by atoms with van der Waals surface area (Å²) in [5, 5.41) is 3.12. The van der Waals surface area contributed by atoms with Crippen LogP contribution in [0, 0.1) is 0 Å². The van der Waals surface area contributed by atoms with Crippen molar-refractivity contribution in [2.45, 2.75) is 31.4 Å². The molecule has 0 radical (unpaired) electrons. The lowest BCUT2D eigenvalue weighted by Gasteiger charge is -2.20. The van der Waals surface area contributed by atoms with Crippen LogP contribution in [-0.4, -0.2) is 37.7 Å². The Balaban J connectivity index is 1.54. The highest BCUT2D eigenvalue weighted by atomic mass is 79.9. The summed E-state index contributed by atoms with van der Waals surface area (Å²) >= 11 is 3.45. The lowest BCUT2D eigenvalue weighted by molar-refractivity contribution is -0.130. The summed E-state index contributed by atoms with van der Waals surface area (Å²) in [7, 11) is 0. The van der Waals surface area contributed by atoms with E-state index in [4.69, 9.17) is 4.74 Å². The van der Waals surface area contributed by atoms with Crippen LogP contribution in [0.5, 0.6) is 0 Å². The molecule has 108 valence electrons. The molecule has 2 heterocycles. The predicted molar refractivity (Wildman–Crippen MR) is 81.9 cm³/mol. The SMILES string of the molecule is O=C(N[C@H]1CCN(c2ccc(Br)cc2)C1)[C@H]1CCCO1. The van der Waals surface area contributed by atoms with E-state index in [2.05, 4.69) is 38.3 Å². The van der Waals surface area contributed by atoms with Gasteiger partial charge in [-0.25, -0.2) is 0 Å². The molecule has 2 aliphatic rings. The molecule has 0 spiro atoms. The molecule has 2 fully saturated rings. The van der Waals surface area contributed by atoms with Gasteiger partial charge in [-0.2, -0.15) is 0 Å². The van der Waals surface area contributed by atoms with Crippen LogP contribution in [0.15, 0.2) is 28.7 Å². The molecular weight excluding hydrogens is 320 g/mol. The molecule has 0 unspecified atom stereocenters. The maximum Gasteiger partial charge on any atom is 0.249 e. The Bertz CT molecular complexity index is 471. The average molecular weight is 339 g/mol. The number of benzene rings is 1. The van der Waals surface area contributed by atoms with Crippen molar-refractivity contribution in [3.8, 4) is 0 Å². The minimum atomic E-state index is -0.225. The smallest absolute Gasteiger partial charge is 0.249 e. The maximum atomic E-state index is 12.0. The number of anilines is 1. The highest BCUT2D eigenvalue weighted by Gasteiger charge is 2.29. The van der Waals surface area contributed by atoms with E-state index in [1.807, 2.05) is 12.1 Å². The quantitative estimate of drug-likeness (QED) is 0.919. The molecule has 4 nitrogen and oxygen atoms in total. The van der Waals surface area contributed by atoms with Gasteiger partial charge >= 0.3 is 0 Å². The maximum absolute atomic E-state index is 12.0. The Kier molecular flexibility index (Phi) is 4.27. The van der Waals surface area contributed by atoms with E-state index < -0.39 is 0 Å². The van der Waals surface area contributed by atoms with Crippen molar-refractivity contribution in [3.63, 3.8) is 0 Å². The first-order chi connectivity index (χ1) is 9.72. The van der Waals surface area contributed by atoms with E-state index >= 15 is 0 Å². The van der Waals surface area contributed by atoms with Gasteiger partial charge in [0.05, 0.1) is 0 Å². The number of hydrogen-bond donors (Lipinski definition) is 1. The summed E-state index contributed by atoms with van der Waals surface area (Å²) in [5.74, 6) is 0.0603. The van der Waals surface area contributed by atoms with Gasteiger partial charge < -0.3 is 15.0 Å². The normalized spacial score (nSPS) is 25.9. The molecule has 2 saturated heterocycles. The summed E-state index contributed by atoms with van der Waals surface area (Å²) in [5.41, 5.74) is 1.21. The van der Waals surface area contributed by atoms with Crippen molar-refractivity contribution in [3.05, 3.63) is 28.7 Å². The minimum Gasteiger partial charge on any atom is -0.369 e. The monoisotopic (exact) mass is 338 g/mol. The molecule has 0 saturated carbocycles. The Morgan fingerprint density at radius 3 is 2.80 bits per heavy atom. The Morgan fingerprint density at radius 2 is 2.10 bits per heavy atom. The first-order valence-electron chi connectivity index (χ1n) is 7.15. The summed E-state index contributed by atoms with van der Waals surface area (Å²) in [4.78, 5) is 14.3. The summed E-state index contributed by atoms with van der Waals surface area (Å²) in [6, 6.07) is 8.54. The van der Waals surface area contributed by atoms with E-state index in [9.17, 15) is 4.79 Å². The molecule has 3 rings (SSSR count). The molecule has 1 aromatic carbocycles. The van der Waals surface area contributed by atoms with Gasteiger partial charge in [0.1, 0.15) is 6.10 Å². The Hall–Kier alpha value is -1.07. The number of carbonyl (C=O) groups is 1. The lowest BCUT2D eigenvalue weighted by atomic mass is 10.2. The van der Waals surface area contributed by atoms with Crippen LogP contribution in [0.3, 0.4) is 0 Å². The summed E-state index contributed by atoms with van der Waals surface area (Å²) in [6.07, 6.45) is 2.62. The van der Waals surface area contributed by atoms with Crippen molar-refractivity contribution in [2.24, 2.45) is 0 Å². The number of halogens is 1. The van der Waals surface area contributed by atoms with Crippen molar-refractivity contribution in [1.29, 1.82) is 0 Å². The number of rotatable bonds is 3. The van der Waals surface area contributed by atoms with Crippen LogP contribution < -0.4 is 10.2 Å². The topological polar surface area (TPSA) is 41.6 Å². The van der Waals surface area contributed by atoms with Gasteiger partial charge in [0, 0.05) is 35.9 Å². The first kappa shape index (κ1) is 13.9. The number of nitrogens with one attached hydrogen (secondary N) is 1. The second-order valence-electron chi connectivity index (χ2n) is 5.42. The largest absolute Gasteiger partial charge is 0.369 e. The Morgan fingerprint density at radius 1 is 1.30 bits per heavy atom. The molecule has 1 N–H and O–H groups in total. The number of nitrogens with zero attached hydrogens (tertiary/aromatic N) is 1. The van der Waals surface area contributed by atoms with Crippen LogP contribution in [-0.2, 0) is 9.53 Å².